The van der Waals surface area contributed by atoms with Crippen molar-refractivity contribution in [1.82, 2.24) is 4.90 Å². The summed E-state index contributed by atoms with van der Waals surface area (Å²) in [7, 11) is 1.51. The molecule has 1 aliphatic carbocycles. The van der Waals surface area contributed by atoms with Crippen molar-refractivity contribution in [1.29, 1.82) is 0 Å². The molecule has 2 aliphatic rings. The second kappa shape index (κ2) is 11.9. The van der Waals surface area contributed by atoms with E-state index in [9.17, 15) is 24.9 Å². The molecule has 0 spiro atoms. The summed E-state index contributed by atoms with van der Waals surface area (Å²) in [5, 5.41) is 31.6. The number of nitrogens with zero attached hydrogens (tertiary/aromatic N) is 1. The Kier molecular flexibility index (Phi) is 9.40. The fourth-order valence-corrected chi connectivity index (χ4v) is 6.14. The normalized spacial score (nSPS) is 23.7. The largest absolute Gasteiger partial charge is 0.504 e. The summed E-state index contributed by atoms with van der Waals surface area (Å²) in [6.45, 7) is 6.04. The highest BCUT2D eigenvalue weighted by Crippen LogP contribution is 2.47. The molecule has 1 heterocycles. The highest BCUT2D eigenvalue weighted by molar-refractivity contribution is 14.1. The first-order valence-corrected chi connectivity index (χ1v) is 13.4. The Labute approximate surface area is 221 Å². The second-order valence-electron chi connectivity index (χ2n) is 9.46. The zero-order valence-electron chi connectivity index (χ0n) is 20.9. The van der Waals surface area contributed by atoms with Gasteiger partial charge in [-0.3, -0.25) is 14.5 Å². The van der Waals surface area contributed by atoms with Crippen molar-refractivity contribution in [3.05, 3.63) is 38.0 Å². The summed E-state index contributed by atoms with van der Waals surface area (Å²) in [6.07, 6.45) is 4.09. The fourth-order valence-electron chi connectivity index (χ4n) is 5.52. The van der Waals surface area contributed by atoms with Gasteiger partial charge in [0.05, 0.1) is 35.2 Å². The topological polar surface area (TPSA) is 107 Å². The van der Waals surface area contributed by atoms with Gasteiger partial charge in [-0.05, 0) is 84.9 Å². The van der Waals surface area contributed by atoms with Crippen LogP contribution in [0.3, 0.4) is 0 Å². The smallest absolute Gasteiger partial charge is 0.233 e. The van der Waals surface area contributed by atoms with E-state index >= 15 is 0 Å². The Bertz CT molecular complexity index is 1030. The number of rotatable bonds is 10. The molecule has 1 aliphatic heterocycles. The molecule has 1 aromatic carbocycles. The van der Waals surface area contributed by atoms with Crippen LogP contribution < -0.4 is 4.74 Å². The van der Waals surface area contributed by atoms with Gasteiger partial charge in [-0.25, -0.2) is 0 Å². The van der Waals surface area contributed by atoms with Crippen LogP contribution in [-0.4, -0.2) is 58.4 Å². The fraction of sp³-hybridized carbons (Fsp3) is 0.556. The lowest BCUT2D eigenvalue weighted by atomic mass is 9.67. The van der Waals surface area contributed by atoms with Crippen LogP contribution in [0.25, 0.3) is 6.08 Å². The number of likely N-dealkylation sites (tertiary alicyclic amines) is 1. The summed E-state index contributed by atoms with van der Waals surface area (Å²) in [6, 6.07) is 3.63. The summed E-state index contributed by atoms with van der Waals surface area (Å²) < 4.78 is 5.93. The standard InChI is InChI=1S/C27H36INO6/c1-5-9-29-26(33)18-13-17(6-2)23(19(14-30)24(18)27(29)34)21(31)8-7-15(3)10-16-11-20(28)25(32)22(12-16)35-4/h10-12,18-19,21,24,30-32H,5-9,13-14H2,1-4H3/b15-10+/t18-,19+,21-,24-/m1/s1. The minimum atomic E-state index is -0.802. The number of carbonyl (C=O) groups excluding carboxylic acids is 2. The quantitative estimate of drug-likeness (QED) is 0.211. The number of amides is 2. The van der Waals surface area contributed by atoms with E-state index in [1.54, 1.807) is 6.07 Å². The maximum absolute atomic E-state index is 13.1. The van der Waals surface area contributed by atoms with Gasteiger partial charge in [0, 0.05) is 12.5 Å². The van der Waals surface area contributed by atoms with Gasteiger partial charge in [0.1, 0.15) is 0 Å². The molecule has 7 nitrogen and oxygen atoms in total. The van der Waals surface area contributed by atoms with Crippen molar-refractivity contribution in [3.63, 3.8) is 0 Å². The monoisotopic (exact) mass is 597 g/mol. The number of hydrogen-bond acceptors (Lipinski definition) is 6. The molecule has 4 atom stereocenters. The van der Waals surface area contributed by atoms with E-state index in [1.165, 1.54) is 12.0 Å². The number of halogens is 1. The number of methoxy groups -OCH3 is 1. The predicted octanol–water partition coefficient (Wildman–Crippen LogP) is 4.28. The molecular weight excluding hydrogens is 561 g/mol. The van der Waals surface area contributed by atoms with E-state index in [0.717, 1.165) is 22.3 Å². The number of benzene rings is 1. The molecule has 0 unspecified atom stereocenters. The Morgan fingerprint density at radius 2 is 2.00 bits per heavy atom. The zero-order chi connectivity index (χ0) is 25.9. The molecule has 0 aromatic heterocycles. The first kappa shape index (κ1) is 27.7. The average molecular weight is 597 g/mol. The van der Waals surface area contributed by atoms with Gasteiger partial charge >= 0.3 is 0 Å². The first-order valence-electron chi connectivity index (χ1n) is 12.3. The molecule has 1 fully saturated rings. The minimum absolute atomic E-state index is 0.112. The van der Waals surface area contributed by atoms with Gasteiger partial charge in [-0.15, -0.1) is 0 Å². The van der Waals surface area contributed by atoms with Crippen LogP contribution in [0.5, 0.6) is 11.5 Å². The molecule has 3 rings (SSSR count). The number of imide groups is 1. The van der Waals surface area contributed by atoms with Gasteiger partial charge in [0.25, 0.3) is 0 Å². The molecular formula is C27H36INO6. The summed E-state index contributed by atoms with van der Waals surface area (Å²) in [5.74, 6) is -1.41. The van der Waals surface area contributed by atoms with E-state index in [2.05, 4.69) is 22.6 Å². The maximum Gasteiger partial charge on any atom is 0.233 e. The molecule has 3 N–H and O–H groups in total. The van der Waals surface area contributed by atoms with E-state index in [4.69, 9.17) is 4.74 Å². The predicted molar refractivity (Wildman–Crippen MR) is 143 cm³/mol. The maximum atomic E-state index is 13.1. The SMILES string of the molecule is CCCN1C(=O)[C@@H]2[C@@H](CC(CC)=C([C@H](O)CC/C(C)=C/c3cc(I)c(O)c(OC)c3)[C@@H]2CO)C1=O. The Morgan fingerprint density at radius 1 is 1.29 bits per heavy atom. The molecule has 192 valence electrons. The third-order valence-corrected chi connectivity index (χ3v) is 8.02. The van der Waals surface area contributed by atoms with Gasteiger partial charge in [-0.2, -0.15) is 0 Å². The van der Waals surface area contributed by atoms with Crippen molar-refractivity contribution in [2.45, 2.75) is 59.0 Å². The van der Waals surface area contributed by atoms with E-state index in [1.807, 2.05) is 32.9 Å². The van der Waals surface area contributed by atoms with E-state index in [-0.39, 0.29) is 24.2 Å². The summed E-state index contributed by atoms with van der Waals surface area (Å²) in [5.41, 5.74) is 3.66. The third kappa shape index (κ3) is 5.59. The van der Waals surface area contributed by atoms with Gasteiger partial charge in [-0.1, -0.05) is 31.1 Å². The third-order valence-electron chi connectivity index (χ3n) is 7.20. The second-order valence-corrected chi connectivity index (χ2v) is 10.6. The van der Waals surface area contributed by atoms with Crippen LogP contribution in [0, 0.1) is 21.3 Å². The van der Waals surface area contributed by atoms with Crippen LogP contribution >= 0.6 is 22.6 Å². The molecule has 1 saturated heterocycles. The molecule has 0 saturated carbocycles. The average Bonchev–Trinajstić information content (AvgIpc) is 3.08. The molecule has 35 heavy (non-hydrogen) atoms. The number of hydrogen-bond donors (Lipinski definition) is 3. The van der Waals surface area contributed by atoms with Crippen molar-refractivity contribution < 1.29 is 29.6 Å². The Balaban J connectivity index is 1.80. The lowest BCUT2D eigenvalue weighted by Crippen LogP contribution is -2.39. The van der Waals surface area contributed by atoms with Gasteiger partial charge < -0.3 is 20.1 Å². The number of phenolic OH excluding ortho intramolecular Hbond substituents is 1. The van der Waals surface area contributed by atoms with Gasteiger partial charge in [0.15, 0.2) is 11.5 Å². The molecule has 0 bridgehead atoms. The van der Waals surface area contributed by atoms with Crippen LogP contribution in [0.4, 0.5) is 0 Å². The summed E-state index contributed by atoms with van der Waals surface area (Å²) in [4.78, 5) is 27.4. The van der Waals surface area contributed by atoms with Crippen LogP contribution in [0.15, 0.2) is 28.9 Å². The lowest BCUT2D eigenvalue weighted by Gasteiger charge is -2.36. The molecule has 0 radical (unpaired) electrons. The Morgan fingerprint density at radius 3 is 2.60 bits per heavy atom. The number of aromatic hydroxyl groups is 1. The number of fused-ring (bicyclic) bond motifs is 1. The molecule has 2 amide bonds. The Hall–Kier alpha value is -1.91. The summed E-state index contributed by atoms with van der Waals surface area (Å²) >= 11 is 2.06. The molecule has 8 heteroatoms. The van der Waals surface area contributed by atoms with Crippen LogP contribution in [0.1, 0.15) is 58.4 Å². The van der Waals surface area contributed by atoms with E-state index < -0.39 is 23.9 Å². The minimum Gasteiger partial charge on any atom is -0.504 e. The lowest BCUT2D eigenvalue weighted by molar-refractivity contribution is -0.140. The number of ether oxygens (including phenoxy) is 1. The number of aliphatic hydroxyl groups excluding tert-OH is 2. The van der Waals surface area contributed by atoms with Gasteiger partial charge in [0.2, 0.25) is 11.8 Å². The highest BCUT2D eigenvalue weighted by atomic mass is 127. The van der Waals surface area contributed by atoms with Crippen LogP contribution in [-0.2, 0) is 9.59 Å². The zero-order valence-corrected chi connectivity index (χ0v) is 23.0. The number of allylic oxidation sites excluding steroid dienone is 2. The van der Waals surface area contributed by atoms with Crippen molar-refractivity contribution in [3.8, 4) is 11.5 Å². The van der Waals surface area contributed by atoms with Crippen LogP contribution in [0.2, 0.25) is 0 Å². The van der Waals surface area contributed by atoms with Crippen molar-refractivity contribution in [2.24, 2.45) is 17.8 Å². The van der Waals surface area contributed by atoms with Crippen molar-refractivity contribution in [2.75, 3.05) is 20.3 Å². The van der Waals surface area contributed by atoms with Crippen molar-refractivity contribution >= 4 is 40.5 Å². The number of phenols is 1. The number of carbonyl (C=O) groups is 2. The molecule has 1 aromatic rings. The van der Waals surface area contributed by atoms with E-state index in [0.29, 0.717) is 48.0 Å². The first-order chi connectivity index (χ1) is 16.7. The number of aliphatic hydroxyl groups is 2. The highest BCUT2D eigenvalue weighted by Gasteiger charge is 2.54.